The Kier molecular flexibility index (Phi) is 5.56. The van der Waals surface area contributed by atoms with Gasteiger partial charge in [0.05, 0.1) is 0 Å². The van der Waals surface area contributed by atoms with Gasteiger partial charge in [-0.3, -0.25) is 0 Å². The van der Waals surface area contributed by atoms with E-state index in [-0.39, 0.29) is 0 Å². The van der Waals surface area contributed by atoms with Crippen molar-refractivity contribution in [2.75, 3.05) is 6.54 Å². The second-order valence-corrected chi connectivity index (χ2v) is 4.68. The minimum Gasteiger partial charge on any atom is -0.507 e. The first-order valence-corrected chi connectivity index (χ1v) is 6.24. The van der Waals surface area contributed by atoms with Crippen molar-refractivity contribution in [3.63, 3.8) is 0 Å². The van der Waals surface area contributed by atoms with Crippen LogP contribution in [0.15, 0.2) is 28.8 Å². The zero-order valence-corrected chi connectivity index (χ0v) is 11.3. The number of nitrogens with one attached hydrogen (secondary N) is 1. The van der Waals surface area contributed by atoms with Crippen molar-refractivity contribution in [3.8, 4) is 5.75 Å². The predicted octanol–water partition coefficient (Wildman–Crippen LogP) is 3.52. The molecule has 0 heterocycles. The Hall–Kier alpha value is -0.800. The molecule has 2 nitrogen and oxygen atoms in total. The molecule has 0 saturated heterocycles. The summed E-state index contributed by atoms with van der Waals surface area (Å²) in [4.78, 5) is 0. The van der Waals surface area contributed by atoms with E-state index in [1.807, 2.05) is 32.1 Å². The summed E-state index contributed by atoms with van der Waals surface area (Å²) in [6.07, 6.45) is 5.19. The van der Waals surface area contributed by atoms with Crippen LogP contribution in [0.4, 0.5) is 0 Å². The van der Waals surface area contributed by atoms with Gasteiger partial charge in [0, 0.05) is 16.6 Å². The van der Waals surface area contributed by atoms with Gasteiger partial charge in [0.2, 0.25) is 0 Å². The summed E-state index contributed by atoms with van der Waals surface area (Å²) in [5, 5.41) is 13.1. The maximum Gasteiger partial charge on any atom is 0.123 e. The standard InChI is InChI=1S/C13H18BrNO/c1-3-4-5-6-15-9-11-8-12(14)7-10(2)13(11)16/h3-4,7-8,15-16H,5-6,9H2,1-2H3/b4-3+. The third-order valence-corrected chi connectivity index (χ3v) is 2.84. The summed E-state index contributed by atoms with van der Waals surface area (Å²) in [5.41, 5.74) is 1.84. The molecule has 0 radical (unpaired) electrons. The van der Waals surface area contributed by atoms with E-state index in [4.69, 9.17) is 0 Å². The zero-order chi connectivity index (χ0) is 12.0. The minimum absolute atomic E-state index is 0.390. The maximum atomic E-state index is 9.85. The monoisotopic (exact) mass is 283 g/mol. The first kappa shape index (κ1) is 13.3. The van der Waals surface area contributed by atoms with Crippen LogP contribution in [0.5, 0.6) is 5.75 Å². The first-order chi connectivity index (χ1) is 7.65. The van der Waals surface area contributed by atoms with E-state index in [0.29, 0.717) is 12.3 Å². The van der Waals surface area contributed by atoms with Crippen molar-refractivity contribution in [3.05, 3.63) is 39.9 Å². The van der Waals surface area contributed by atoms with Gasteiger partial charge < -0.3 is 10.4 Å². The molecule has 0 spiro atoms. The lowest BCUT2D eigenvalue weighted by molar-refractivity contribution is 0.460. The van der Waals surface area contributed by atoms with Crippen LogP contribution in [0.1, 0.15) is 24.5 Å². The molecule has 16 heavy (non-hydrogen) atoms. The number of allylic oxidation sites excluding steroid dienone is 1. The lowest BCUT2D eigenvalue weighted by Gasteiger charge is -2.09. The van der Waals surface area contributed by atoms with E-state index in [1.165, 1.54) is 0 Å². The molecule has 0 aliphatic carbocycles. The predicted molar refractivity (Wildman–Crippen MR) is 71.7 cm³/mol. The Labute approximate surface area is 106 Å². The first-order valence-electron chi connectivity index (χ1n) is 5.45. The quantitative estimate of drug-likeness (QED) is 0.640. The molecule has 88 valence electrons. The van der Waals surface area contributed by atoms with E-state index >= 15 is 0 Å². The Morgan fingerprint density at radius 2 is 2.19 bits per heavy atom. The lowest BCUT2D eigenvalue weighted by atomic mass is 10.1. The smallest absolute Gasteiger partial charge is 0.123 e. The molecule has 1 aromatic rings. The summed E-state index contributed by atoms with van der Waals surface area (Å²) in [5.74, 6) is 0.390. The third kappa shape index (κ3) is 3.99. The Morgan fingerprint density at radius 1 is 1.44 bits per heavy atom. The van der Waals surface area contributed by atoms with Crippen LogP contribution in [0.25, 0.3) is 0 Å². The molecular weight excluding hydrogens is 266 g/mol. The molecule has 1 aromatic carbocycles. The fourth-order valence-electron chi connectivity index (χ4n) is 1.51. The summed E-state index contributed by atoms with van der Waals surface area (Å²) in [6.45, 7) is 5.55. The maximum absolute atomic E-state index is 9.85. The SMILES string of the molecule is C/C=C/CCNCc1cc(Br)cc(C)c1O. The third-order valence-electron chi connectivity index (χ3n) is 2.38. The molecule has 3 heteroatoms. The molecule has 0 fully saturated rings. The van der Waals surface area contributed by atoms with Crippen LogP contribution in [0.3, 0.4) is 0 Å². The second kappa shape index (κ2) is 6.71. The average molecular weight is 284 g/mol. The van der Waals surface area contributed by atoms with Gasteiger partial charge in [0.25, 0.3) is 0 Å². The van der Waals surface area contributed by atoms with Crippen molar-refractivity contribution < 1.29 is 5.11 Å². The molecule has 0 bridgehead atoms. The number of benzene rings is 1. The van der Waals surface area contributed by atoms with Crippen LogP contribution >= 0.6 is 15.9 Å². The van der Waals surface area contributed by atoms with Gasteiger partial charge in [-0.05, 0) is 44.5 Å². The van der Waals surface area contributed by atoms with E-state index < -0.39 is 0 Å². The fraction of sp³-hybridized carbons (Fsp3) is 0.385. The van der Waals surface area contributed by atoms with Crippen LogP contribution in [-0.4, -0.2) is 11.7 Å². The molecule has 0 saturated carbocycles. The van der Waals surface area contributed by atoms with E-state index in [9.17, 15) is 5.11 Å². The van der Waals surface area contributed by atoms with Crippen LogP contribution in [-0.2, 0) is 6.54 Å². The van der Waals surface area contributed by atoms with Crippen molar-refractivity contribution >= 4 is 15.9 Å². The Balaban J connectivity index is 2.53. The highest BCUT2D eigenvalue weighted by Gasteiger charge is 2.05. The van der Waals surface area contributed by atoms with Crippen LogP contribution in [0, 0.1) is 6.92 Å². The molecule has 1 rings (SSSR count). The fourth-order valence-corrected chi connectivity index (χ4v) is 2.13. The minimum atomic E-state index is 0.390. The highest BCUT2D eigenvalue weighted by molar-refractivity contribution is 9.10. The van der Waals surface area contributed by atoms with Crippen LogP contribution in [0.2, 0.25) is 0 Å². The average Bonchev–Trinajstić information content (AvgIpc) is 2.24. The summed E-state index contributed by atoms with van der Waals surface area (Å²) < 4.78 is 1.01. The van der Waals surface area contributed by atoms with E-state index in [2.05, 4.69) is 27.3 Å². The van der Waals surface area contributed by atoms with Gasteiger partial charge in [-0.1, -0.05) is 28.1 Å². The van der Waals surface area contributed by atoms with Crippen molar-refractivity contribution in [1.82, 2.24) is 5.32 Å². The number of rotatable bonds is 5. The second-order valence-electron chi connectivity index (χ2n) is 3.76. The van der Waals surface area contributed by atoms with Crippen LogP contribution < -0.4 is 5.32 Å². The lowest BCUT2D eigenvalue weighted by Crippen LogP contribution is -2.14. The number of aryl methyl sites for hydroxylation is 1. The van der Waals surface area contributed by atoms with Crippen molar-refractivity contribution in [1.29, 1.82) is 0 Å². The molecular formula is C13H18BrNO. The number of hydrogen-bond donors (Lipinski definition) is 2. The molecule has 0 aromatic heterocycles. The van der Waals surface area contributed by atoms with E-state index in [1.54, 1.807) is 0 Å². The molecule has 0 atom stereocenters. The highest BCUT2D eigenvalue weighted by atomic mass is 79.9. The number of phenols is 1. The van der Waals surface area contributed by atoms with Crippen molar-refractivity contribution in [2.45, 2.75) is 26.8 Å². The van der Waals surface area contributed by atoms with Gasteiger partial charge in [0.15, 0.2) is 0 Å². The summed E-state index contributed by atoms with van der Waals surface area (Å²) >= 11 is 3.43. The topological polar surface area (TPSA) is 32.3 Å². The summed E-state index contributed by atoms with van der Waals surface area (Å²) in [7, 11) is 0. The Bertz CT molecular complexity index is 374. The van der Waals surface area contributed by atoms with Gasteiger partial charge in [-0.15, -0.1) is 0 Å². The van der Waals surface area contributed by atoms with Gasteiger partial charge in [-0.2, -0.15) is 0 Å². The number of hydrogen-bond acceptors (Lipinski definition) is 2. The Morgan fingerprint density at radius 3 is 2.88 bits per heavy atom. The van der Waals surface area contributed by atoms with E-state index in [0.717, 1.165) is 28.6 Å². The van der Waals surface area contributed by atoms with Gasteiger partial charge in [-0.25, -0.2) is 0 Å². The number of aromatic hydroxyl groups is 1. The molecule has 2 N–H and O–H groups in total. The summed E-state index contributed by atoms with van der Waals surface area (Å²) in [6, 6.07) is 3.86. The largest absolute Gasteiger partial charge is 0.507 e. The van der Waals surface area contributed by atoms with Gasteiger partial charge in [0.1, 0.15) is 5.75 Å². The molecule has 0 amide bonds. The molecule has 0 aliphatic rings. The number of phenolic OH excluding ortho intramolecular Hbond substituents is 1. The zero-order valence-electron chi connectivity index (χ0n) is 9.76. The normalized spacial score (nSPS) is 11.2. The molecule has 0 aliphatic heterocycles. The highest BCUT2D eigenvalue weighted by Crippen LogP contribution is 2.26. The number of halogens is 1. The molecule has 0 unspecified atom stereocenters. The van der Waals surface area contributed by atoms with Gasteiger partial charge >= 0.3 is 0 Å². The van der Waals surface area contributed by atoms with Crippen molar-refractivity contribution in [2.24, 2.45) is 0 Å².